The summed E-state index contributed by atoms with van der Waals surface area (Å²) in [7, 11) is 0. The summed E-state index contributed by atoms with van der Waals surface area (Å²) in [6, 6.07) is 15.3. The molecule has 0 unspecified atom stereocenters. The van der Waals surface area contributed by atoms with Gasteiger partial charge in [-0.1, -0.05) is 41.9 Å². The van der Waals surface area contributed by atoms with Crippen molar-refractivity contribution in [2.75, 3.05) is 19.6 Å². The lowest BCUT2D eigenvalue weighted by Crippen LogP contribution is -2.37. The van der Waals surface area contributed by atoms with E-state index in [1.54, 1.807) is 11.0 Å². The molecule has 0 saturated carbocycles. The smallest absolute Gasteiger partial charge is 0.271 e. The maximum absolute atomic E-state index is 13.2. The summed E-state index contributed by atoms with van der Waals surface area (Å²) in [5.41, 5.74) is 3.08. The van der Waals surface area contributed by atoms with Gasteiger partial charge < -0.3 is 15.2 Å². The van der Waals surface area contributed by atoms with E-state index in [1.807, 2.05) is 42.5 Å². The average molecular weight is 368 g/mol. The van der Waals surface area contributed by atoms with Gasteiger partial charge in [0, 0.05) is 34.6 Å². The van der Waals surface area contributed by atoms with Crippen LogP contribution in [-0.2, 0) is 4.79 Å². The Morgan fingerprint density at radius 2 is 1.92 bits per heavy atom. The molecule has 4 rings (SSSR count). The van der Waals surface area contributed by atoms with Crippen molar-refractivity contribution in [1.82, 2.24) is 15.2 Å². The number of rotatable bonds is 2. The maximum Gasteiger partial charge on any atom is 0.271 e. The summed E-state index contributed by atoms with van der Waals surface area (Å²) in [5.74, 6) is -0.301. The van der Waals surface area contributed by atoms with E-state index in [4.69, 9.17) is 11.6 Å². The number of hydrogen-bond acceptors (Lipinski definition) is 2. The van der Waals surface area contributed by atoms with Crippen molar-refractivity contribution in [3.63, 3.8) is 0 Å². The highest BCUT2D eigenvalue weighted by Crippen LogP contribution is 2.34. The fourth-order valence-corrected chi connectivity index (χ4v) is 3.54. The summed E-state index contributed by atoms with van der Waals surface area (Å²) in [4.78, 5) is 29.9. The predicted molar refractivity (Wildman–Crippen MR) is 102 cm³/mol. The third-order valence-corrected chi connectivity index (χ3v) is 4.82. The van der Waals surface area contributed by atoms with Crippen LogP contribution in [0.2, 0.25) is 5.02 Å². The fourth-order valence-electron chi connectivity index (χ4n) is 3.37. The van der Waals surface area contributed by atoms with Crippen LogP contribution in [0.1, 0.15) is 16.9 Å². The van der Waals surface area contributed by atoms with Gasteiger partial charge in [0.2, 0.25) is 5.91 Å². The second kappa shape index (κ2) is 6.84. The Labute approximate surface area is 155 Å². The summed E-state index contributed by atoms with van der Waals surface area (Å²) >= 11 is 6.19. The minimum absolute atomic E-state index is 0.0726. The van der Waals surface area contributed by atoms with E-state index < -0.39 is 0 Å². The number of aromatic amines is 1. The lowest BCUT2D eigenvalue weighted by atomic mass is 10.0. The van der Waals surface area contributed by atoms with Gasteiger partial charge >= 0.3 is 0 Å². The first-order chi connectivity index (χ1) is 12.6. The van der Waals surface area contributed by atoms with Gasteiger partial charge in [0.25, 0.3) is 5.91 Å². The SMILES string of the molecule is O=C1CN(C(=O)c2[nH]c3ccc(Cl)cc3c2-c2ccccc2)CCCN1. The topological polar surface area (TPSA) is 65.2 Å². The zero-order valence-corrected chi connectivity index (χ0v) is 14.8. The monoisotopic (exact) mass is 367 g/mol. The molecule has 0 bridgehead atoms. The Morgan fingerprint density at radius 1 is 1.12 bits per heavy atom. The molecule has 1 saturated heterocycles. The Balaban J connectivity index is 1.86. The zero-order chi connectivity index (χ0) is 18.1. The minimum atomic E-state index is -0.173. The normalized spacial score (nSPS) is 15.0. The molecule has 2 heterocycles. The van der Waals surface area contributed by atoms with Crippen LogP contribution in [0.4, 0.5) is 0 Å². The first-order valence-corrected chi connectivity index (χ1v) is 8.94. The van der Waals surface area contributed by atoms with Crippen molar-refractivity contribution in [3.8, 4) is 11.1 Å². The number of fused-ring (bicyclic) bond motifs is 1. The van der Waals surface area contributed by atoms with E-state index in [0.717, 1.165) is 28.5 Å². The van der Waals surface area contributed by atoms with Gasteiger partial charge in [0.15, 0.2) is 0 Å². The van der Waals surface area contributed by atoms with Gasteiger partial charge in [0.1, 0.15) is 5.69 Å². The van der Waals surface area contributed by atoms with Crippen molar-refractivity contribution in [1.29, 1.82) is 0 Å². The lowest BCUT2D eigenvalue weighted by Gasteiger charge is -2.19. The first-order valence-electron chi connectivity index (χ1n) is 8.56. The van der Waals surface area contributed by atoms with Crippen LogP contribution in [0.15, 0.2) is 48.5 Å². The van der Waals surface area contributed by atoms with E-state index in [0.29, 0.717) is 23.8 Å². The Hall–Kier alpha value is -2.79. The van der Waals surface area contributed by atoms with Gasteiger partial charge in [-0.2, -0.15) is 0 Å². The average Bonchev–Trinajstić information content (AvgIpc) is 2.88. The van der Waals surface area contributed by atoms with Gasteiger partial charge in [-0.25, -0.2) is 0 Å². The van der Waals surface area contributed by atoms with Gasteiger partial charge in [-0.15, -0.1) is 0 Å². The van der Waals surface area contributed by atoms with Gasteiger partial charge in [-0.05, 0) is 30.2 Å². The molecule has 132 valence electrons. The highest BCUT2D eigenvalue weighted by Gasteiger charge is 2.26. The molecule has 1 fully saturated rings. The van der Waals surface area contributed by atoms with E-state index in [1.165, 1.54) is 0 Å². The van der Waals surface area contributed by atoms with E-state index in [2.05, 4.69) is 10.3 Å². The molecule has 26 heavy (non-hydrogen) atoms. The molecule has 0 radical (unpaired) electrons. The number of carbonyl (C=O) groups is 2. The van der Waals surface area contributed by atoms with Crippen LogP contribution in [0.5, 0.6) is 0 Å². The van der Waals surface area contributed by atoms with Crippen LogP contribution in [0.25, 0.3) is 22.0 Å². The van der Waals surface area contributed by atoms with E-state index in [9.17, 15) is 9.59 Å². The number of H-pyrrole nitrogens is 1. The van der Waals surface area contributed by atoms with Crippen molar-refractivity contribution in [3.05, 3.63) is 59.2 Å². The number of nitrogens with zero attached hydrogens (tertiary/aromatic N) is 1. The lowest BCUT2D eigenvalue weighted by molar-refractivity contribution is -0.121. The van der Waals surface area contributed by atoms with Crippen molar-refractivity contribution >= 4 is 34.3 Å². The summed E-state index contributed by atoms with van der Waals surface area (Å²) < 4.78 is 0. The quantitative estimate of drug-likeness (QED) is 0.728. The molecule has 3 aromatic rings. The molecule has 2 amide bonds. The van der Waals surface area contributed by atoms with Crippen LogP contribution >= 0.6 is 11.6 Å². The molecule has 2 N–H and O–H groups in total. The van der Waals surface area contributed by atoms with Crippen LogP contribution in [0.3, 0.4) is 0 Å². The molecule has 0 atom stereocenters. The highest BCUT2D eigenvalue weighted by atomic mass is 35.5. The largest absolute Gasteiger partial charge is 0.354 e. The first kappa shape index (κ1) is 16.7. The Bertz CT molecular complexity index is 981. The summed E-state index contributed by atoms with van der Waals surface area (Å²) in [6.07, 6.45) is 0.740. The zero-order valence-electron chi connectivity index (χ0n) is 14.1. The summed E-state index contributed by atoms with van der Waals surface area (Å²) in [5, 5.41) is 4.31. The predicted octanol–water partition coefficient (Wildman–Crippen LogP) is 3.45. The van der Waals surface area contributed by atoms with Crippen molar-refractivity contribution in [2.24, 2.45) is 0 Å². The number of carbonyl (C=O) groups excluding carboxylic acids is 2. The molecule has 0 aliphatic carbocycles. The number of amides is 2. The number of benzene rings is 2. The second-order valence-electron chi connectivity index (χ2n) is 6.36. The summed E-state index contributed by atoms with van der Waals surface area (Å²) in [6.45, 7) is 1.21. The number of nitrogens with one attached hydrogen (secondary N) is 2. The van der Waals surface area contributed by atoms with Crippen LogP contribution in [0, 0.1) is 0 Å². The Morgan fingerprint density at radius 3 is 2.73 bits per heavy atom. The molecule has 1 aliphatic rings. The third-order valence-electron chi connectivity index (χ3n) is 4.59. The molecular formula is C20H18ClN3O2. The molecular weight excluding hydrogens is 350 g/mol. The molecule has 5 nitrogen and oxygen atoms in total. The Kier molecular flexibility index (Phi) is 4.39. The molecule has 6 heteroatoms. The molecule has 0 spiro atoms. The van der Waals surface area contributed by atoms with E-state index >= 15 is 0 Å². The third kappa shape index (κ3) is 3.06. The van der Waals surface area contributed by atoms with Crippen LogP contribution < -0.4 is 5.32 Å². The second-order valence-corrected chi connectivity index (χ2v) is 6.80. The highest BCUT2D eigenvalue weighted by molar-refractivity contribution is 6.31. The maximum atomic E-state index is 13.2. The van der Waals surface area contributed by atoms with E-state index in [-0.39, 0.29) is 18.4 Å². The van der Waals surface area contributed by atoms with Crippen LogP contribution in [-0.4, -0.2) is 41.3 Å². The number of aromatic nitrogens is 1. The molecule has 1 aliphatic heterocycles. The minimum Gasteiger partial charge on any atom is -0.354 e. The molecule has 1 aromatic heterocycles. The van der Waals surface area contributed by atoms with Crippen molar-refractivity contribution in [2.45, 2.75) is 6.42 Å². The van der Waals surface area contributed by atoms with Gasteiger partial charge in [-0.3, -0.25) is 9.59 Å². The van der Waals surface area contributed by atoms with Crippen molar-refractivity contribution < 1.29 is 9.59 Å². The molecule has 2 aromatic carbocycles. The van der Waals surface area contributed by atoms with Gasteiger partial charge in [0.05, 0.1) is 6.54 Å². The fraction of sp³-hybridized carbons (Fsp3) is 0.200. The standard InChI is InChI=1S/C20H18ClN3O2/c21-14-7-8-16-15(11-14)18(13-5-2-1-3-6-13)19(23-16)20(26)24-10-4-9-22-17(25)12-24/h1-3,5-8,11,23H,4,9-10,12H2,(H,22,25). The number of halogens is 1. The number of hydrogen-bond donors (Lipinski definition) is 2.